The first-order valence-corrected chi connectivity index (χ1v) is 8.86. The van der Waals surface area contributed by atoms with Crippen molar-refractivity contribution in [1.29, 1.82) is 0 Å². The summed E-state index contributed by atoms with van der Waals surface area (Å²) in [7, 11) is 1.31. The van der Waals surface area contributed by atoms with Crippen LogP contribution in [0.1, 0.15) is 26.3 Å². The van der Waals surface area contributed by atoms with Crippen LogP contribution in [0.25, 0.3) is 0 Å². The highest BCUT2D eigenvalue weighted by molar-refractivity contribution is 6.30. The van der Waals surface area contributed by atoms with Gasteiger partial charge in [-0.2, -0.15) is 0 Å². The first-order chi connectivity index (χ1) is 13.5. The van der Waals surface area contributed by atoms with E-state index in [1.165, 1.54) is 13.3 Å². The number of carbonyl (C=O) groups is 2. The highest BCUT2D eigenvalue weighted by Gasteiger charge is 2.10. The molecule has 0 saturated heterocycles. The number of aromatic nitrogens is 1. The van der Waals surface area contributed by atoms with Gasteiger partial charge in [0.15, 0.2) is 0 Å². The maximum absolute atomic E-state index is 12.5. The summed E-state index contributed by atoms with van der Waals surface area (Å²) < 4.78 is 4.69. The van der Waals surface area contributed by atoms with Crippen LogP contribution in [0.15, 0.2) is 67.0 Å². The molecule has 0 atom stereocenters. The number of methoxy groups -OCH3 is 1. The van der Waals surface area contributed by atoms with Gasteiger partial charge < -0.3 is 15.4 Å². The number of rotatable bonds is 6. The third kappa shape index (κ3) is 5.08. The van der Waals surface area contributed by atoms with Crippen molar-refractivity contribution < 1.29 is 14.3 Å². The van der Waals surface area contributed by atoms with Crippen molar-refractivity contribution >= 4 is 34.9 Å². The molecule has 1 aromatic heterocycles. The zero-order chi connectivity index (χ0) is 19.9. The Morgan fingerprint density at radius 3 is 2.50 bits per heavy atom. The van der Waals surface area contributed by atoms with E-state index in [9.17, 15) is 9.59 Å². The molecule has 1 amide bonds. The molecule has 142 valence electrons. The van der Waals surface area contributed by atoms with E-state index >= 15 is 0 Å². The number of halogens is 1. The molecular weight excluding hydrogens is 378 g/mol. The van der Waals surface area contributed by atoms with Gasteiger partial charge in [0.05, 0.1) is 23.9 Å². The molecule has 0 bridgehead atoms. The second-order valence-corrected chi connectivity index (χ2v) is 6.41. The standard InChI is InChI=1S/C21H18ClN3O3/c1-28-21(27)15-3-2-4-18(9-15)25-20(26)16-10-19(13-23-12-16)24-11-14-5-7-17(22)8-6-14/h2-10,12-13,24H,11H2,1H3,(H,25,26). The summed E-state index contributed by atoms with van der Waals surface area (Å²) in [6, 6.07) is 15.7. The van der Waals surface area contributed by atoms with Gasteiger partial charge in [0.2, 0.25) is 0 Å². The number of esters is 1. The van der Waals surface area contributed by atoms with Gasteiger partial charge in [-0.3, -0.25) is 9.78 Å². The quantitative estimate of drug-likeness (QED) is 0.605. The van der Waals surface area contributed by atoms with Crippen molar-refractivity contribution in [2.75, 3.05) is 17.7 Å². The van der Waals surface area contributed by atoms with Gasteiger partial charge in [-0.25, -0.2) is 4.79 Å². The third-order valence-corrected chi connectivity index (χ3v) is 4.20. The number of benzene rings is 2. The summed E-state index contributed by atoms with van der Waals surface area (Å²) in [5.74, 6) is -0.796. The highest BCUT2D eigenvalue weighted by atomic mass is 35.5. The van der Waals surface area contributed by atoms with Crippen molar-refractivity contribution in [3.63, 3.8) is 0 Å². The molecule has 6 nitrogen and oxygen atoms in total. The Bertz CT molecular complexity index is 990. The molecule has 0 aliphatic carbocycles. The van der Waals surface area contributed by atoms with E-state index in [4.69, 9.17) is 11.6 Å². The summed E-state index contributed by atoms with van der Waals surface area (Å²) in [5.41, 5.74) is 3.01. The summed E-state index contributed by atoms with van der Waals surface area (Å²) >= 11 is 5.89. The highest BCUT2D eigenvalue weighted by Crippen LogP contribution is 2.16. The second-order valence-electron chi connectivity index (χ2n) is 5.97. The molecule has 7 heteroatoms. The van der Waals surface area contributed by atoms with Crippen molar-refractivity contribution in [1.82, 2.24) is 4.98 Å². The molecule has 0 radical (unpaired) electrons. The molecule has 1 heterocycles. The fraction of sp³-hybridized carbons (Fsp3) is 0.0952. The van der Waals surface area contributed by atoms with Crippen molar-refractivity contribution in [3.05, 3.63) is 88.7 Å². The lowest BCUT2D eigenvalue weighted by Gasteiger charge is -2.09. The Hall–Kier alpha value is -3.38. The number of amides is 1. The topological polar surface area (TPSA) is 80.3 Å². The van der Waals surface area contributed by atoms with E-state index in [-0.39, 0.29) is 5.91 Å². The van der Waals surface area contributed by atoms with Gasteiger partial charge in [-0.15, -0.1) is 0 Å². The van der Waals surface area contributed by atoms with Crippen LogP contribution >= 0.6 is 11.6 Å². The van der Waals surface area contributed by atoms with Crippen molar-refractivity contribution in [3.8, 4) is 0 Å². The molecule has 2 N–H and O–H groups in total. The van der Waals surface area contributed by atoms with Crippen molar-refractivity contribution in [2.45, 2.75) is 6.54 Å². The smallest absolute Gasteiger partial charge is 0.337 e. The Balaban J connectivity index is 1.66. The second kappa shape index (κ2) is 9.01. The molecule has 2 aromatic carbocycles. The largest absolute Gasteiger partial charge is 0.465 e. The molecule has 0 saturated carbocycles. The summed E-state index contributed by atoms with van der Waals surface area (Å²) in [4.78, 5) is 28.2. The van der Waals surface area contributed by atoms with Crippen LogP contribution in [0.4, 0.5) is 11.4 Å². The fourth-order valence-electron chi connectivity index (χ4n) is 2.51. The summed E-state index contributed by atoms with van der Waals surface area (Å²) in [6.07, 6.45) is 3.12. The van der Waals surface area contributed by atoms with E-state index < -0.39 is 5.97 Å². The first kappa shape index (κ1) is 19.4. The number of pyridine rings is 1. The molecule has 0 unspecified atom stereocenters. The van der Waals surface area contributed by atoms with E-state index in [0.717, 1.165) is 5.56 Å². The fourth-order valence-corrected chi connectivity index (χ4v) is 2.64. The minimum absolute atomic E-state index is 0.329. The lowest BCUT2D eigenvalue weighted by molar-refractivity contribution is 0.0600. The van der Waals surface area contributed by atoms with Crippen LogP contribution in [0.2, 0.25) is 5.02 Å². The number of hydrogen-bond acceptors (Lipinski definition) is 5. The summed E-state index contributed by atoms with van der Waals surface area (Å²) in [5, 5.41) is 6.66. The number of anilines is 2. The predicted molar refractivity (Wildman–Crippen MR) is 109 cm³/mol. The molecule has 0 aliphatic rings. The van der Waals surface area contributed by atoms with Gasteiger partial charge in [0.1, 0.15) is 0 Å². The number of nitrogens with zero attached hydrogens (tertiary/aromatic N) is 1. The molecular formula is C21H18ClN3O3. The molecule has 0 spiro atoms. The predicted octanol–water partition coefficient (Wildman–Crippen LogP) is 4.39. The molecule has 3 aromatic rings. The van der Waals surface area contributed by atoms with Crippen LogP contribution in [0.5, 0.6) is 0 Å². The zero-order valence-corrected chi connectivity index (χ0v) is 15.9. The van der Waals surface area contributed by atoms with Crippen LogP contribution in [0.3, 0.4) is 0 Å². The third-order valence-electron chi connectivity index (χ3n) is 3.95. The minimum Gasteiger partial charge on any atom is -0.465 e. The number of ether oxygens (including phenoxy) is 1. The Morgan fingerprint density at radius 1 is 1.00 bits per heavy atom. The molecule has 28 heavy (non-hydrogen) atoms. The number of hydrogen-bond donors (Lipinski definition) is 2. The lowest BCUT2D eigenvalue weighted by Crippen LogP contribution is -2.13. The Morgan fingerprint density at radius 2 is 1.75 bits per heavy atom. The van der Waals surface area contributed by atoms with Gasteiger partial charge in [-0.05, 0) is 42.0 Å². The van der Waals surface area contributed by atoms with Gasteiger partial charge in [0.25, 0.3) is 5.91 Å². The average molecular weight is 396 g/mol. The molecule has 0 fully saturated rings. The Labute approximate surface area is 167 Å². The van der Waals surface area contributed by atoms with E-state index in [1.807, 2.05) is 24.3 Å². The van der Waals surface area contributed by atoms with E-state index in [0.29, 0.717) is 34.1 Å². The zero-order valence-electron chi connectivity index (χ0n) is 15.1. The maximum Gasteiger partial charge on any atom is 0.337 e. The van der Waals surface area contributed by atoms with E-state index in [1.54, 1.807) is 36.5 Å². The average Bonchev–Trinajstić information content (AvgIpc) is 2.73. The van der Waals surface area contributed by atoms with Crippen LogP contribution in [-0.4, -0.2) is 24.0 Å². The maximum atomic E-state index is 12.5. The Kier molecular flexibility index (Phi) is 6.24. The number of nitrogens with one attached hydrogen (secondary N) is 2. The van der Waals surface area contributed by atoms with Gasteiger partial charge >= 0.3 is 5.97 Å². The first-order valence-electron chi connectivity index (χ1n) is 8.48. The SMILES string of the molecule is COC(=O)c1cccc(NC(=O)c2cncc(NCc3ccc(Cl)cc3)c2)c1. The number of carbonyl (C=O) groups excluding carboxylic acids is 2. The minimum atomic E-state index is -0.467. The van der Waals surface area contributed by atoms with Crippen LogP contribution in [0, 0.1) is 0 Å². The molecule has 3 rings (SSSR count). The monoisotopic (exact) mass is 395 g/mol. The normalized spacial score (nSPS) is 10.2. The van der Waals surface area contributed by atoms with Crippen molar-refractivity contribution in [2.24, 2.45) is 0 Å². The van der Waals surface area contributed by atoms with E-state index in [2.05, 4.69) is 20.4 Å². The van der Waals surface area contributed by atoms with Crippen LogP contribution < -0.4 is 10.6 Å². The van der Waals surface area contributed by atoms with Gasteiger partial charge in [-0.1, -0.05) is 29.8 Å². The van der Waals surface area contributed by atoms with Gasteiger partial charge in [0, 0.05) is 29.6 Å². The van der Waals surface area contributed by atoms with Crippen LogP contribution in [-0.2, 0) is 11.3 Å². The summed E-state index contributed by atoms with van der Waals surface area (Å²) in [6.45, 7) is 0.574. The molecule has 0 aliphatic heterocycles. The lowest BCUT2D eigenvalue weighted by atomic mass is 10.2.